The van der Waals surface area contributed by atoms with Crippen molar-refractivity contribution in [3.63, 3.8) is 0 Å². The van der Waals surface area contributed by atoms with E-state index >= 15 is 0 Å². The molecule has 1 aliphatic carbocycles. The van der Waals surface area contributed by atoms with Gasteiger partial charge in [0, 0.05) is 5.41 Å². The highest BCUT2D eigenvalue weighted by molar-refractivity contribution is 6.29. The summed E-state index contributed by atoms with van der Waals surface area (Å²) >= 11 is 5.64. The van der Waals surface area contributed by atoms with Gasteiger partial charge in [0.25, 0.3) is 0 Å². The molecule has 0 unspecified atom stereocenters. The first kappa shape index (κ1) is 12.3. The second-order valence-electron chi connectivity index (χ2n) is 4.80. The molecule has 1 aliphatic rings. The molecule has 1 aromatic heterocycles. The van der Waals surface area contributed by atoms with Crippen molar-refractivity contribution < 1.29 is 4.79 Å². The van der Waals surface area contributed by atoms with E-state index in [1.807, 2.05) is 6.92 Å². The van der Waals surface area contributed by atoms with Crippen molar-refractivity contribution >= 4 is 23.3 Å². The van der Waals surface area contributed by atoms with Gasteiger partial charge in [0.2, 0.25) is 5.91 Å². The lowest BCUT2D eigenvalue weighted by Gasteiger charge is -2.31. The van der Waals surface area contributed by atoms with Gasteiger partial charge in [-0.15, -0.1) is 0 Å². The molecule has 17 heavy (non-hydrogen) atoms. The molecule has 1 amide bonds. The number of carbonyl (C=O) groups is 1. The Morgan fingerprint density at radius 2 is 2.00 bits per heavy atom. The van der Waals surface area contributed by atoms with Gasteiger partial charge in [-0.2, -0.15) is 0 Å². The summed E-state index contributed by atoms with van der Waals surface area (Å²) in [6.07, 6.45) is 8.27. The Bertz CT molecular complexity index is 399. The summed E-state index contributed by atoms with van der Waals surface area (Å²) in [6.45, 7) is 2.02. The number of hydrogen-bond donors (Lipinski definition) is 1. The topological polar surface area (TPSA) is 54.9 Å². The molecular weight excluding hydrogens is 238 g/mol. The number of nitrogens with zero attached hydrogens (tertiary/aromatic N) is 2. The molecule has 0 saturated heterocycles. The second kappa shape index (κ2) is 5.00. The molecule has 1 fully saturated rings. The van der Waals surface area contributed by atoms with Crippen molar-refractivity contribution in [1.29, 1.82) is 0 Å². The molecule has 1 N–H and O–H groups in total. The zero-order chi connectivity index (χ0) is 12.3. The number of anilines is 1. The van der Waals surface area contributed by atoms with Crippen LogP contribution in [0.4, 0.5) is 5.82 Å². The molecule has 0 bridgehead atoms. The molecule has 0 spiro atoms. The predicted octanol–water partition coefficient (Wildman–Crippen LogP) is 3.04. The van der Waals surface area contributed by atoms with E-state index in [9.17, 15) is 4.79 Å². The number of nitrogens with one attached hydrogen (secondary N) is 1. The average Bonchev–Trinajstić information content (AvgIpc) is 2.33. The number of halogens is 1. The van der Waals surface area contributed by atoms with Crippen LogP contribution in [0.15, 0.2) is 12.4 Å². The van der Waals surface area contributed by atoms with Gasteiger partial charge in [-0.05, 0) is 12.8 Å². The van der Waals surface area contributed by atoms with E-state index in [0.717, 1.165) is 25.7 Å². The van der Waals surface area contributed by atoms with E-state index in [-0.39, 0.29) is 11.3 Å². The van der Waals surface area contributed by atoms with Crippen LogP contribution in [0.1, 0.15) is 39.0 Å². The quantitative estimate of drug-likeness (QED) is 0.881. The summed E-state index contributed by atoms with van der Waals surface area (Å²) in [5.41, 5.74) is -0.264. The minimum Gasteiger partial charge on any atom is -0.309 e. The number of carbonyl (C=O) groups excluding carboxylic acids is 1. The van der Waals surface area contributed by atoms with E-state index in [4.69, 9.17) is 11.6 Å². The Labute approximate surface area is 106 Å². The predicted molar refractivity (Wildman–Crippen MR) is 66.9 cm³/mol. The van der Waals surface area contributed by atoms with Crippen molar-refractivity contribution in [2.24, 2.45) is 5.41 Å². The Kier molecular flexibility index (Phi) is 3.62. The van der Waals surface area contributed by atoms with Crippen LogP contribution in [0.2, 0.25) is 5.15 Å². The molecule has 5 heteroatoms. The Balaban J connectivity index is 2.03. The fourth-order valence-electron chi connectivity index (χ4n) is 2.20. The van der Waals surface area contributed by atoms with E-state index in [1.54, 1.807) is 0 Å². The smallest absolute Gasteiger partial charge is 0.231 e. The van der Waals surface area contributed by atoms with Gasteiger partial charge >= 0.3 is 0 Å². The van der Waals surface area contributed by atoms with Crippen molar-refractivity contribution in [1.82, 2.24) is 9.97 Å². The molecule has 92 valence electrons. The van der Waals surface area contributed by atoms with Crippen LogP contribution in [0, 0.1) is 5.41 Å². The molecule has 4 nitrogen and oxygen atoms in total. The van der Waals surface area contributed by atoms with Crippen molar-refractivity contribution in [2.45, 2.75) is 39.0 Å². The van der Waals surface area contributed by atoms with Crippen molar-refractivity contribution in [3.05, 3.63) is 17.5 Å². The van der Waals surface area contributed by atoms with Gasteiger partial charge in [-0.25, -0.2) is 9.97 Å². The van der Waals surface area contributed by atoms with Gasteiger partial charge in [0.15, 0.2) is 5.82 Å². The Morgan fingerprint density at radius 3 is 2.59 bits per heavy atom. The summed E-state index contributed by atoms with van der Waals surface area (Å²) in [6, 6.07) is 0. The highest BCUT2D eigenvalue weighted by atomic mass is 35.5. The maximum atomic E-state index is 12.2. The molecule has 1 aromatic rings. The number of amides is 1. The van der Waals surface area contributed by atoms with Crippen LogP contribution in [0.5, 0.6) is 0 Å². The minimum absolute atomic E-state index is 0.0359. The zero-order valence-electron chi connectivity index (χ0n) is 9.87. The van der Waals surface area contributed by atoms with Crippen LogP contribution in [0.25, 0.3) is 0 Å². The average molecular weight is 254 g/mol. The lowest BCUT2D eigenvalue weighted by atomic mass is 9.75. The molecule has 0 aromatic carbocycles. The van der Waals surface area contributed by atoms with Crippen LogP contribution >= 0.6 is 11.6 Å². The highest BCUT2D eigenvalue weighted by Gasteiger charge is 2.34. The summed E-state index contributed by atoms with van der Waals surface area (Å²) in [5, 5.41) is 3.13. The lowest BCUT2D eigenvalue weighted by Crippen LogP contribution is -2.35. The van der Waals surface area contributed by atoms with Gasteiger partial charge < -0.3 is 5.32 Å². The molecule has 1 saturated carbocycles. The van der Waals surface area contributed by atoms with Crippen molar-refractivity contribution in [3.8, 4) is 0 Å². The first-order valence-corrected chi connectivity index (χ1v) is 6.27. The van der Waals surface area contributed by atoms with Gasteiger partial charge in [-0.1, -0.05) is 37.8 Å². The SMILES string of the molecule is CC1(C(=O)Nc2cnc(Cl)cn2)CCCCC1. The Morgan fingerprint density at radius 1 is 1.29 bits per heavy atom. The van der Waals surface area contributed by atoms with Crippen LogP contribution < -0.4 is 5.32 Å². The first-order chi connectivity index (χ1) is 8.10. The molecule has 0 atom stereocenters. The summed E-state index contributed by atoms with van der Waals surface area (Å²) in [4.78, 5) is 20.1. The van der Waals surface area contributed by atoms with Crippen LogP contribution in [-0.4, -0.2) is 15.9 Å². The third kappa shape index (κ3) is 2.94. The molecule has 0 radical (unpaired) electrons. The molecule has 0 aliphatic heterocycles. The molecular formula is C12H16ClN3O. The van der Waals surface area contributed by atoms with Gasteiger partial charge in [-0.3, -0.25) is 4.79 Å². The van der Waals surface area contributed by atoms with E-state index in [0.29, 0.717) is 11.0 Å². The maximum Gasteiger partial charge on any atom is 0.231 e. The second-order valence-corrected chi connectivity index (χ2v) is 5.19. The van der Waals surface area contributed by atoms with E-state index < -0.39 is 0 Å². The summed E-state index contributed by atoms with van der Waals surface area (Å²) in [5.74, 6) is 0.500. The third-order valence-electron chi connectivity index (χ3n) is 3.37. The van der Waals surface area contributed by atoms with Gasteiger partial charge in [0.1, 0.15) is 5.15 Å². The van der Waals surface area contributed by atoms with E-state index in [1.165, 1.54) is 18.8 Å². The maximum absolute atomic E-state index is 12.2. The fourth-order valence-corrected chi connectivity index (χ4v) is 2.30. The normalized spacial score (nSPS) is 18.7. The minimum atomic E-state index is -0.264. The fraction of sp³-hybridized carbons (Fsp3) is 0.583. The summed E-state index contributed by atoms with van der Waals surface area (Å²) in [7, 11) is 0. The molecule has 1 heterocycles. The van der Waals surface area contributed by atoms with Gasteiger partial charge in [0.05, 0.1) is 12.4 Å². The highest BCUT2D eigenvalue weighted by Crippen LogP contribution is 2.36. The van der Waals surface area contributed by atoms with E-state index in [2.05, 4.69) is 15.3 Å². The number of rotatable bonds is 2. The zero-order valence-corrected chi connectivity index (χ0v) is 10.6. The largest absolute Gasteiger partial charge is 0.309 e. The van der Waals surface area contributed by atoms with Crippen LogP contribution in [-0.2, 0) is 4.79 Å². The number of hydrogen-bond acceptors (Lipinski definition) is 3. The monoisotopic (exact) mass is 253 g/mol. The van der Waals surface area contributed by atoms with Crippen LogP contribution in [0.3, 0.4) is 0 Å². The first-order valence-electron chi connectivity index (χ1n) is 5.89. The summed E-state index contributed by atoms with van der Waals surface area (Å²) < 4.78 is 0. The number of aromatic nitrogens is 2. The third-order valence-corrected chi connectivity index (χ3v) is 3.56. The standard InChI is InChI=1S/C12H16ClN3O/c1-12(5-3-2-4-6-12)11(17)16-10-8-14-9(13)7-15-10/h7-8H,2-6H2,1H3,(H,15,16,17). The molecule has 2 rings (SSSR count). The lowest BCUT2D eigenvalue weighted by molar-refractivity contribution is -0.126. The van der Waals surface area contributed by atoms with Crippen molar-refractivity contribution in [2.75, 3.05) is 5.32 Å². The Hall–Kier alpha value is -1.16.